The molecule has 0 bridgehead atoms. The van der Waals surface area contributed by atoms with Gasteiger partial charge in [-0.05, 0) is 48.6 Å². The maximum absolute atomic E-state index is 13.7. The highest BCUT2D eigenvalue weighted by molar-refractivity contribution is 5.93. The van der Waals surface area contributed by atoms with Crippen LogP contribution < -0.4 is 10.6 Å². The molecule has 8 heteroatoms. The standard InChI is InChI=1S/C25H28F2N4O2/c1-3-17-5-4-6-18(7-17)12-28-15-24(32)23(10-19-8-21(26)11-22(27)9-19)31-25(33)20-13-29-16(2)30-14-20/h4-9,11,13-14,23-24,28,32H,3,10,12,15H2,1-2H3,(H,31,33)/t23?,24-/m0/s1. The summed E-state index contributed by atoms with van der Waals surface area (Å²) in [4.78, 5) is 20.7. The zero-order valence-corrected chi connectivity index (χ0v) is 18.7. The number of benzene rings is 2. The van der Waals surface area contributed by atoms with Gasteiger partial charge in [0, 0.05) is 31.5 Å². The lowest BCUT2D eigenvalue weighted by atomic mass is 10.00. The minimum atomic E-state index is -1.01. The summed E-state index contributed by atoms with van der Waals surface area (Å²) in [5.41, 5.74) is 2.85. The molecule has 33 heavy (non-hydrogen) atoms. The predicted octanol–water partition coefficient (Wildman–Crippen LogP) is 3.12. The first-order chi connectivity index (χ1) is 15.8. The fourth-order valence-electron chi connectivity index (χ4n) is 3.49. The Labute approximate surface area is 192 Å². The lowest BCUT2D eigenvalue weighted by Crippen LogP contribution is -2.48. The zero-order valence-electron chi connectivity index (χ0n) is 18.7. The Kier molecular flexibility index (Phi) is 8.57. The van der Waals surface area contributed by atoms with Crippen LogP contribution in [0.25, 0.3) is 0 Å². The number of rotatable bonds is 10. The van der Waals surface area contributed by atoms with Gasteiger partial charge in [0.15, 0.2) is 0 Å². The van der Waals surface area contributed by atoms with Crippen molar-refractivity contribution in [2.24, 2.45) is 0 Å². The zero-order chi connectivity index (χ0) is 23.8. The van der Waals surface area contributed by atoms with Crippen LogP contribution in [0.5, 0.6) is 0 Å². The van der Waals surface area contributed by atoms with Gasteiger partial charge in [0.25, 0.3) is 5.91 Å². The summed E-state index contributed by atoms with van der Waals surface area (Å²) in [6, 6.07) is 10.5. The Morgan fingerprint density at radius 1 is 1.03 bits per heavy atom. The highest BCUT2D eigenvalue weighted by Crippen LogP contribution is 2.13. The van der Waals surface area contributed by atoms with Crippen LogP contribution in [-0.2, 0) is 19.4 Å². The van der Waals surface area contributed by atoms with Crippen LogP contribution in [0, 0.1) is 18.6 Å². The Morgan fingerprint density at radius 2 is 1.70 bits per heavy atom. The van der Waals surface area contributed by atoms with Gasteiger partial charge in [-0.2, -0.15) is 0 Å². The van der Waals surface area contributed by atoms with E-state index in [1.807, 2.05) is 12.1 Å². The van der Waals surface area contributed by atoms with Crippen molar-refractivity contribution in [1.29, 1.82) is 0 Å². The highest BCUT2D eigenvalue weighted by Gasteiger charge is 2.23. The summed E-state index contributed by atoms with van der Waals surface area (Å²) in [5.74, 6) is -1.39. The fraction of sp³-hybridized carbons (Fsp3) is 0.320. The van der Waals surface area contributed by atoms with Gasteiger partial charge in [-0.3, -0.25) is 4.79 Å². The molecule has 3 rings (SSSR count). The van der Waals surface area contributed by atoms with Gasteiger partial charge in [-0.15, -0.1) is 0 Å². The second-order valence-electron chi connectivity index (χ2n) is 7.95. The molecule has 1 unspecified atom stereocenters. The Bertz CT molecular complexity index is 1060. The van der Waals surface area contributed by atoms with Crippen LogP contribution in [0.4, 0.5) is 8.78 Å². The number of halogens is 2. The largest absolute Gasteiger partial charge is 0.390 e. The van der Waals surface area contributed by atoms with Crippen LogP contribution in [0.1, 0.15) is 39.8 Å². The SMILES string of the molecule is CCc1cccc(CNC[C@H](O)C(Cc2cc(F)cc(F)c2)NC(=O)c2cnc(C)nc2)c1. The summed E-state index contributed by atoms with van der Waals surface area (Å²) in [7, 11) is 0. The molecule has 2 atom stereocenters. The first-order valence-electron chi connectivity index (χ1n) is 10.8. The number of nitrogens with one attached hydrogen (secondary N) is 2. The number of aliphatic hydroxyl groups excluding tert-OH is 1. The van der Waals surface area contributed by atoms with E-state index in [9.17, 15) is 18.7 Å². The van der Waals surface area contributed by atoms with E-state index in [0.717, 1.165) is 18.1 Å². The topological polar surface area (TPSA) is 87.1 Å². The molecule has 0 aliphatic carbocycles. The van der Waals surface area contributed by atoms with Crippen LogP contribution in [0.15, 0.2) is 54.9 Å². The third-order valence-electron chi connectivity index (χ3n) is 5.28. The average Bonchev–Trinajstić information content (AvgIpc) is 2.78. The van der Waals surface area contributed by atoms with E-state index in [0.29, 0.717) is 17.9 Å². The third-order valence-corrected chi connectivity index (χ3v) is 5.28. The lowest BCUT2D eigenvalue weighted by Gasteiger charge is -2.25. The van der Waals surface area contributed by atoms with E-state index < -0.39 is 29.7 Å². The van der Waals surface area contributed by atoms with Crippen molar-refractivity contribution in [2.45, 2.75) is 45.4 Å². The number of nitrogens with zero attached hydrogens (tertiary/aromatic N) is 2. The summed E-state index contributed by atoms with van der Waals surface area (Å²) in [6.07, 6.45) is 2.74. The molecule has 1 heterocycles. The molecular formula is C25H28F2N4O2. The molecule has 0 radical (unpaired) electrons. The Balaban J connectivity index is 1.70. The molecular weight excluding hydrogens is 426 g/mol. The van der Waals surface area contributed by atoms with Crippen molar-refractivity contribution >= 4 is 5.91 Å². The quantitative estimate of drug-likeness (QED) is 0.438. The van der Waals surface area contributed by atoms with Crippen molar-refractivity contribution in [1.82, 2.24) is 20.6 Å². The van der Waals surface area contributed by atoms with E-state index in [1.54, 1.807) is 6.92 Å². The minimum Gasteiger partial charge on any atom is -0.390 e. The third kappa shape index (κ3) is 7.40. The fourth-order valence-corrected chi connectivity index (χ4v) is 3.49. The molecule has 0 aliphatic heterocycles. The van der Waals surface area contributed by atoms with Crippen molar-refractivity contribution in [3.8, 4) is 0 Å². The smallest absolute Gasteiger partial charge is 0.254 e. The van der Waals surface area contributed by atoms with Crippen molar-refractivity contribution in [3.63, 3.8) is 0 Å². The molecule has 3 aromatic rings. The maximum Gasteiger partial charge on any atom is 0.254 e. The molecule has 3 N–H and O–H groups in total. The van der Waals surface area contributed by atoms with Crippen LogP contribution >= 0.6 is 0 Å². The molecule has 1 amide bonds. The highest BCUT2D eigenvalue weighted by atomic mass is 19.1. The van der Waals surface area contributed by atoms with Crippen LogP contribution in [0.3, 0.4) is 0 Å². The molecule has 0 saturated carbocycles. The minimum absolute atomic E-state index is 0.0430. The lowest BCUT2D eigenvalue weighted by molar-refractivity contribution is 0.0829. The summed E-state index contributed by atoms with van der Waals surface area (Å²) < 4.78 is 27.4. The Morgan fingerprint density at radius 3 is 2.36 bits per heavy atom. The molecule has 1 aromatic heterocycles. The number of hydrogen-bond acceptors (Lipinski definition) is 5. The molecule has 0 fully saturated rings. The van der Waals surface area contributed by atoms with Gasteiger partial charge in [0.2, 0.25) is 0 Å². The maximum atomic E-state index is 13.7. The summed E-state index contributed by atoms with van der Waals surface area (Å²) in [6.45, 7) is 4.49. The van der Waals surface area contributed by atoms with Gasteiger partial charge in [0.1, 0.15) is 17.5 Å². The monoisotopic (exact) mass is 454 g/mol. The van der Waals surface area contributed by atoms with Crippen LogP contribution in [-0.4, -0.2) is 39.7 Å². The number of aryl methyl sites for hydroxylation is 2. The van der Waals surface area contributed by atoms with Crippen molar-refractivity contribution in [3.05, 3.63) is 94.6 Å². The van der Waals surface area contributed by atoms with Crippen LogP contribution in [0.2, 0.25) is 0 Å². The summed E-state index contributed by atoms with van der Waals surface area (Å²) >= 11 is 0. The number of aromatic nitrogens is 2. The van der Waals surface area contributed by atoms with Gasteiger partial charge < -0.3 is 15.7 Å². The number of carbonyl (C=O) groups excluding carboxylic acids is 1. The van der Waals surface area contributed by atoms with Gasteiger partial charge in [-0.25, -0.2) is 18.7 Å². The number of amides is 1. The van der Waals surface area contributed by atoms with Gasteiger partial charge in [-0.1, -0.05) is 31.2 Å². The van der Waals surface area contributed by atoms with E-state index in [2.05, 4.69) is 39.7 Å². The first-order valence-corrected chi connectivity index (χ1v) is 10.8. The summed E-state index contributed by atoms with van der Waals surface area (Å²) in [5, 5.41) is 16.8. The van der Waals surface area contributed by atoms with E-state index >= 15 is 0 Å². The molecule has 6 nitrogen and oxygen atoms in total. The van der Waals surface area contributed by atoms with Crippen molar-refractivity contribution < 1.29 is 18.7 Å². The molecule has 2 aromatic carbocycles. The number of hydrogen-bond donors (Lipinski definition) is 3. The number of carbonyl (C=O) groups is 1. The average molecular weight is 455 g/mol. The number of aliphatic hydroxyl groups is 1. The van der Waals surface area contributed by atoms with Crippen molar-refractivity contribution in [2.75, 3.05) is 6.54 Å². The second kappa shape index (κ2) is 11.6. The normalized spacial score (nSPS) is 12.9. The van der Waals surface area contributed by atoms with Gasteiger partial charge in [0.05, 0.1) is 17.7 Å². The first kappa shape index (κ1) is 24.4. The Hall–Kier alpha value is -3.23. The van der Waals surface area contributed by atoms with Gasteiger partial charge >= 0.3 is 0 Å². The molecule has 0 saturated heterocycles. The molecule has 174 valence electrons. The molecule has 0 aliphatic rings. The molecule has 0 spiro atoms. The predicted molar refractivity (Wildman–Crippen MR) is 122 cm³/mol. The van der Waals surface area contributed by atoms with E-state index in [1.165, 1.54) is 30.1 Å². The van der Waals surface area contributed by atoms with E-state index in [4.69, 9.17) is 0 Å². The van der Waals surface area contributed by atoms with E-state index in [-0.39, 0.29) is 18.5 Å². The second-order valence-corrected chi connectivity index (χ2v) is 7.95.